The smallest absolute Gasteiger partial charge is 0.255 e. The maximum atomic E-state index is 12.4. The van der Waals surface area contributed by atoms with Gasteiger partial charge in [-0.05, 0) is 63.8 Å². The molecule has 0 saturated carbocycles. The highest BCUT2D eigenvalue weighted by Gasteiger charge is 2.10. The van der Waals surface area contributed by atoms with Crippen LogP contribution in [0.5, 0.6) is 5.75 Å². The molecule has 4 nitrogen and oxygen atoms in total. The maximum Gasteiger partial charge on any atom is 0.255 e. The number of amides is 1. The minimum absolute atomic E-state index is 0.114. The molecule has 23 heavy (non-hydrogen) atoms. The lowest BCUT2D eigenvalue weighted by atomic mass is 10.1. The third-order valence-electron chi connectivity index (χ3n) is 3.42. The number of hydrogen-bond acceptors (Lipinski definition) is 3. The molecule has 0 atom stereocenters. The molecule has 2 aromatic rings. The molecule has 4 heteroatoms. The van der Waals surface area contributed by atoms with Crippen LogP contribution in [0.1, 0.15) is 28.4 Å². The molecule has 0 heterocycles. The second-order valence-electron chi connectivity index (χ2n) is 5.81. The van der Waals surface area contributed by atoms with E-state index in [1.165, 1.54) is 5.56 Å². The first-order valence-corrected chi connectivity index (χ1v) is 7.78. The van der Waals surface area contributed by atoms with E-state index in [1.807, 2.05) is 45.3 Å². The molecule has 122 valence electrons. The van der Waals surface area contributed by atoms with Gasteiger partial charge in [0.25, 0.3) is 5.91 Å². The molecule has 0 radical (unpaired) electrons. The Labute approximate surface area is 138 Å². The Kier molecular flexibility index (Phi) is 5.77. The van der Waals surface area contributed by atoms with Crippen LogP contribution in [0.4, 0.5) is 5.69 Å². The third kappa shape index (κ3) is 4.83. The van der Waals surface area contributed by atoms with Crippen LogP contribution in [0.15, 0.2) is 42.5 Å². The Morgan fingerprint density at radius 2 is 1.83 bits per heavy atom. The summed E-state index contributed by atoms with van der Waals surface area (Å²) >= 11 is 0. The van der Waals surface area contributed by atoms with Gasteiger partial charge in [-0.1, -0.05) is 17.7 Å². The fourth-order valence-corrected chi connectivity index (χ4v) is 2.38. The van der Waals surface area contributed by atoms with E-state index in [0.717, 1.165) is 23.5 Å². The number of hydrogen-bond donors (Lipinski definition) is 1. The highest BCUT2D eigenvalue weighted by Crippen LogP contribution is 2.20. The van der Waals surface area contributed by atoms with Gasteiger partial charge < -0.3 is 15.0 Å². The van der Waals surface area contributed by atoms with E-state index in [1.54, 1.807) is 12.1 Å². The second-order valence-corrected chi connectivity index (χ2v) is 5.81. The van der Waals surface area contributed by atoms with Gasteiger partial charge in [-0.25, -0.2) is 0 Å². The van der Waals surface area contributed by atoms with Crippen molar-refractivity contribution in [1.29, 1.82) is 0 Å². The number of ether oxygens (including phenoxy) is 1. The van der Waals surface area contributed by atoms with Gasteiger partial charge in [0.05, 0.1) is 6.61 Å². The lowest BCUT2D eigenvalue weighted by Crippen LogP contribution is -2.16. The van der Waals surface area contributed by atoms with Crippen LogP contribution in [0.2, 0.25) is 0 Å². The quantitative estimate of drug-likeness (QED) is 0.884. The summed E-state index contributed by atoms with van der Waals surface area (Å²) in [5.74, 6) is 0.657. The first-order valence-electron chi connectivity index (χ1n) is 7.78. The average molecular weight is 312 g/mol. The summed E-state index contributed by atoms with van der Waals surface area (Å²) in [7, 11) is 4.03. The second kappa shape index (κ2) is 7.79. The first-order chi connectivity index (χ1) is 11.0. The van der Waals surface area contributed by atoms with Crippen molar-refractivity contribution in [3.63, 3.8) is 0 Å². The van der Waals surface area contributed by atoms with E-state index in [9.17, 15) is 4.79 Å². The van der Waals surface area contributed by atoms with Crippen LogP contribution in [0.3, 0.4) is 0 Å². The van der Waals surface area contributed by atoms with Crippen molar-refractivity contribution >= 4 is 11.6 Å². The predicted molar refractivity (Wildman–Crippen MR) is 94.1 cm³/mol. The van der Waals surface area contributed by atoms with Crippen molar-refractivity contribution in [2.24, 2.45) is 0 Å². The van der Waals surface area contributed by atoms with Gasteiger partial charge in [0.15, 0.2) is 0 Å². The maximum absolute atomic E-state index is 12.4. The van der Waals surface area contributed by atoms with E-state index >= 15 is 0 Å². The molecule has 0 fully saturated rings. The van der Waals surface area contributed by atoms with E-state index in [4.69, 9.17) is 4.74 Å². The minimum atomic E-state index is -0.114. The van der Waals surface area contributed by atoms with Crippen molar-refractivity contribution in [1.82, 2.24) is 4.90 Å². The number of nitrogens with one attached hydrogen (secondary N) is 1. The van der Waals surface area contributed by atoms with Gasteiger partial charge in [-0.3, -0.25) is 4.79 Å². The van der Waals surface area contributed by atoms with Crippen molar-refractivity contribution in [3.8, 4) is 5.75 Å². The molecule has 0 aliphatic heterocycles. The zero-order valence-corrected chi connectivity index (χ0v) is 14.2. The highest BCUT2D eigenvalue weighted by molar-refractivity contribution is 6.04. The predicted octanol–water partition coefficient (Wildman–Crippen LogP) is 3.71. The number of anilines is 1. The number of rotatable bonds is 6. The monoisotopic (exact) mass is 312 g/mol. The standard InChI is InChI=1S/C19H24N2O2/c1-5-23-17-9-7-15(8-10-17)19(22)20-18-11-6-14(2)12-16(18)13-21(3)4/h6-12H,5,13H2,1-4H3,(H,20,22). The van der Waals surface area contributed by atoms with Crippen LogP contribution in [-0.4, -0.2) is 31.5 Å². The molecule has 0 aliphatic carbocycles. The summed E-state index contributed by atoms with van der Waals surface area (Å²) in [5, 5.41) is 3.00. The van der Waals surface area contributed by atoms with Gasteiger partial charge in [0.2, 0.25) is 0 Å². The Morgan fingerprint density at radius 1 is 1.13 bits per heavy atom. The fraction of sp³-hybridized carbons (Fsp3) is 0.316. The van der Waals surface area contributed by atoms with Crippen LogP contribution >= 0.6 is 0 Å². The number of carbonyl (C=O) groups is 1. The van der Waals surface area contributed by atoms with Crippen LogP contribution in [-0.2, 0) is 6.54 Å². The van der Waals surface area contributed by atoms with E-state index in [0.29, 0.717) is 12.2 Å². The molecule has 0 aliphatic rings. The zero-order chi connectivity index (χ0) is 16.8. The molecular weight excluding hydrogens is 288 g/mol. The van der Waals surface area contributed by atoms with Gasteiger partial charge >= 0.3 is 0 Å². The number of aryl methyl sites for hydroxylation is 1. The van der Waals surface area contributed by atoms with Gasteiger partial charge in [0, 0.05) is 17.8 Å². The van der Waals surface area contributed by atoms with Crippen molar-refractivity contribution in [2.45, 2.75) is 20.4 Å². The molecule has 1 N–H and O–H groups in total. The Bertz CT molecular complexity index is 664. The van der Waals surface area contributed by atoms with Crippen LogP contribution < -0.4 is 10.1 Å². The van der Waals surface area contributed by atoms with E-state index < -0.39 is 0 Å². The van der Waals surface area contributed by atoms with Crippen molar-refractivity contribution in [2.75, 3.05) is 26.0 Å². The van der Waals surface area contributed by atoms with Crippen molar-refractivity contribution in [3.05, 3.63) is 59.2 Å². The normalized spacial score (nSPS) is 10.7. The third-order valence-corrected chi connectivity index (χ3v) is 3.42. The molecular formula is C19H24N2O2. The lowest BCUT2D eigenvalue weighted by Gasteiger charge is -2.16. The molecule has 2 rings (SSSR count). The summed E-state index contributed by atoms with van der Waals surface area (Å²) in [5.41, 5.74) is 3.75. The van der Waals surface area contributed by atoms with Crippen LogP contribution in [0.25, 0.3) is 0 Å². The van der Waals surface area contributed by atoms with Crippen molar-refractivity contribution < 1.29 is 9.53 Å². The van der Waals surface area contributed by atoms with Gasteiger partial charge in [-0.2, -0.15) is 0 Å². The topological polar surface area (TPSA) is 41.6 Å². The lowest BCUT2D eigenvalue weighted by molar-refractivity contribution is 0.102. The molecule has 1 amide bonds. The fourth-order valence-electron chi connectivity index (χ4n) is 2.38. The zero-order valence-electron chi connectivity index (χ0n) is 14.2. The molecule has 0 spiro atoms. The van der Waals surface area contributed by atoms with E-state index in [-0.39, 0.29) is 5.91 Å². The highest BCUT2D eigenvalue weighted by atomic mass is 16.5. The molecule has 0 saturated heterocycles. The molecule has 0 bridgehead atoms. The molecule has 0 unspecified atom stereocenters. The van der Waals surface area contributed by atoms with Gasteiger partial charge in [0.1, 0.15) is 5.75 Å². The molecule has 0 aromatic heterocycles. The van der Waals surface area contributed by atoms with Gasteiger partial charge in [-0.15, -0.1) is 0 Å². The largest absolute Gasteiger partial charge is 0.494 e. The Balaban J connectivity index is 2.16. The number of carbonyl (C=O) groups excluding carboxylic acids is 1. The molecule has 2 aromatic carbocycles. The first kappa shape index (κ1) is 17.0. The van der Waals surface area contributed by atoms with Crippen LogP contribution in [0, 0.1) is 6.92 Å². The van der Waals surface area contributed by atoms with E-state index in [2.05, 4.69) is 23.2 Å². The number of benzene rings is 2. The summed E-state index contributed by atoms with van der Waals surface area (Å²) in [6, 6.07) is 13.3. The summed E-state index contributed by atoms with van der Waals surface area (Å²) in [6.45, 7) is 5.38. The summed E-state index contributed by atoms with van der Waals surface area (Å²) < 4.78 is 5.40. The Morgan fingerprint density at radius 3 is 2.43 bits per heavy atom. The Hall–Kier alpha value is -2.33. The average Bonchev–Trinajstić information content (AvgIpc) is 2.50. The summed E-state index contributed by atoms with van der Waals surface area (Å²) in [6.07, 6.45) is 0. The summed E-state index contributed by atoms with van der Waals surface area (Å²) in [4.78, 5) is 14.5. The number of nitrogens with zero attached hydrogens (tertiary/aromatic N) is 1. The minimum Gasteiger partial charge on any atom is -0.494 e. The SMILES string of the molecule is CCOc1ccc(C(=O)Nc2ccc(C)cc2CN(C)C)cc1.